The molecule has 0 spiro atoms. The highest BCUT2D eigenvalue weighted by Crippen LogP contribution is 2.40. The molecule has 1 aliphatic heterocycles. The lowest BCUT2D eigenvalue weighted by molar-refractivity contribution is 0.221. The zero-order valence-corrected chi connectivity index (χ0v) is 22.4. The van der Waals surface area contributed by atoms with Gasteiger partial charge in [0, 0.05) is 41.6 Å². The molecule has 1 N–H and O–H groups in total. The second-order valence-corrected chi connectivity index (χ2v) is 12.5. The summed E-state index contributed by atoms with van der Waals surface area (Å²) in [6, 6.07) is 2.01. The van der Waals surface area contributed by atoms with Gasteiger partial charge in [-0.1, -0.05) is 13.8 Å². The van der Waals surface area contributed by atoms with E-state index in [1.165, 1.54) is 29.1 Å². The van der Waals surface area contributed by atoms with Gasteiger partial charge in [0.2, 0.25) is 0 Å². The Morgan fingerprint density at radius 1 is 1.22 bits per heavy atom. The molecule has 4 aromatic heterocycles. The maximum Gasteiger partial charge on any atom is 0.197 e. The van der Waals surface area contributed by atoms with Crippen LogP contribution >= 0.6 is 0 Å². The Hall–Kier alpha value is -2.98. The molecule has 0 unspecified atom stereocenters. The summed E-state index contributed by atoms with van der Waals surface area (Å²) >= 11 is 0. The number of nitrogens with one attached hydrogen (secondary N) is 1. The smallest absolute Gasteiger partial charge is 0.197 e. The van der Waals surface area contributed by atoms with Crippen LogP contribution in [0.15, 0.2) is 24.8 Å². The van der Waals surface area contributed by atoms with Crippen LogP contribution in [0.25, 0.3) is 27.8 Å². The van der Waals surface area contributed by atoms with E-state index in [1.807, 2.05) is 18.5 Å². The fraction of sp³-hybridized carbons (Fsp3) is 0.500. The molecule has 0 bridgehead atoms. The van der Waals surface area contributed by atoms with Gasteiger partial charge in [0.05, 0.1) is 30.3 Å². The van der Waals surface area contributed by atoms with E-state index in [1.54, 1.807) is 11.6 Å². The van der Waals surface area contributed by atoms with E-state index in [-0.39, 0.29) is 11.7 Å². The molecule has 0 aliphatic carbocycles. The second kappa shape index (κ2) is 9.48. The number of aromatic nitrogens is 5. The van der Waals surface area contributed by atoms with Crippen LogP contribution in [0.2, 0.25) is 0 Å². The number of likely N-dealkylation sites (tertiary alicyclic amines) is 1. The molecule has 10 heteroatoms. The van der Waals surface area contributed by atoms with E-state index >= 15 is 0 Å². The first-order chi connectivity index (χ1) is 17.2. The van der Waals surface area contributed by atoms with E-state index in [0.29, 0.717) is 23.9 Å². The molecule has 5 rings (SSSR count). The Morgan fingerprint density at radius 2 is 1.97 bits per heavy atom. The number of piperidine rings is 1. The zero-order chi connectivity index (χ0) is 25.6. The lowest BCUT2D eigenvalue weighted by Crippen LogP contribution is -2.36. The van der Waals surface area contributed by atoms with Crippen LogP contribution < -0.4 is 4.74 Å². The van der Waals surface area contributed by atoms with Gasteiger partial charge in [-0.25, -0.2) is 17.9 Å². The number of hydrogen-bond donors (Lipinski definition) is 1. The van der Waals surface area contributed by atoms with Gasteiger partial charge in [-0.15, -0.1) is 0 Å². The third-order valence-corrected chi connectivity index (χ3v) is 8.26. The Labute approximate surface area is 211 Å². The normalized spacial score (nSPS) is 15.9. The summed E-state index contributed by atoms with van der Waals surface area (Å²) in [5, 5.41) is 5.57. The molecule has 0 aromatic carbocycles. The molecule has 36 heavy (non-hydrogen) atoms. The molecule has 5 heterocycles. The van der Waals surface area contributed by atoms with Gasteiger partial charge in [0.25, 0.3) is 0 Å². The number of rotatable bonds is 7. The summed E-state index contributed by atoms with van der Waals surface area (Å²) in [6.45, 7) is 9.02. The number of aryl methyl sites for hydroxylation is 1. The van der Waals surface area contributed by atoms with Crippen molar-refractivity contribution in [3.63, 3.8) is 0 Å². The summed E-state index contributed by atoms with van der Waals surface area (Å²) in [7, 11) is -1.29. The first kappa shape index (κ1) is 24.7. The fourth-order valence-corrected chi connectivity index (χ4v) is 6.11. The topological polar surface area (TPSA) is 105 Å². The molecule has 192 valence electrons. The number of nitrogens with zero attached hydrogens (tertiary/aromatic N) is 5. The number of hydrogen-bond acceptors (Lipinski definition) is 7. The molecular weight excluding hydrogens is 476 g/mol. The summed E-state index contributed by atoms with van der Waals surface area (Å²) in [6.07, 6.45) is 8.75. The predicted octanol–water partition coefficient (Wildman–Crippen LogP) is 3.94. The lowest BCUT2D eigenvalue weighted by atomic mass is 9.87. The largest absolute Gasteiger partial charge is 0.493 e. The molecular formula is C26H34N6O3S. The van der Waals surface area contributed by atoms with Crippen LogP contribution in [0.1, 0.15) is 55.3 Å². The van der Waals surface area contributed by atoms with Crippen molar-refractivity contribution in [2.75, 3.05) is 38.8 Å². The average Bonchev–Trinajstić information content (AvgIpc) is 3.47. The number of pyridine rings is 2. The first-order valence-electron chi connectivity index (χ1n) is 12.4. The van der Waals surface area contributed by atoms with Gasteiger partial charge < -0.3 is 14.6 Å². The maximum atomic E-state index is 11.6. The van der Waals surface area contributed by atoms with E-state index < -0.39 is 9.84 Å². The van der Waals surface area contributed by atoms with Crippen molar-refractivity contribution >= 4 is 26.4 Å². The number of fused-ring (bicyclic) bond motifs is 2. The quantitative estimate of drug-likeness (QED) is 0.401. The molecule has 1 saturated heterocycles. The predicted molar refractivity (Wildman–Crippen MR) is 142 cm³/mol. The maximum absolute atomic E-state index is 11.6. The van der Waals surface area contributed by atoms with Crippen molar-refractivity contribution in [3.8, 4) is 17.0 Å². The zero-order valence-electron chi connectivity index (χ0n) is 21.6. The third kappa shape index (κ3) is 4.59. The minimum Gasteiger partial charge on any atom is -0.493 e. The molecule has 9 nitrogen and oxygen atoms in total. The summed E-state index contributed by atoms with van der Waals surface area (Å²) in [4.78, 5) is 15.1. The summed E-state index contributed by atoms with van der Waals surface area (Å²) in [5.74, 6) is 1.55. The van der Waals surface area contributed by atoms with Crippen LogP contribution in [0, 0.1) is 6.92 Å². The fourth-order valence-electron chi connectivity index (χ4n) is 5.52. The highest BCUT2D eigenvalue weighted by Gasteiger charge is 2.27. The Kier molecular flexibility index (Phi) is 6.50. The number of methoxy groups -OCH3 is 1. The Bertz CT molecular complexity index is 1510. The second-order valence-electron chi connectivity index (χ2n) is 10.2. The number of ether oxygens (including phenoxy) is 1. The molecule has 0 saturated carbocycles. The van der Waals surface area contributed by atoms with Gasteiger partial charge >= 0.3 is 0 Å². The van der Waals surface area contributed by atoms with E-state index in [2.05, 4.69) is 40.7 Å². The Balaban J connectivity index is 1.51. The molecule has 1 aliphatic rings. The molecule has 0 atom stereocenters. The van der Waals surface area contributed by atoms with E-state index in [9.17, 15) is 8.42 Å². The number of aromatic amines is 1. The first-order valence-corrected chi connectivity index (χ1v) is 14.5. The van der Waals surface area contributed by atoms with Gasteiger partial charge in [-0.3, -0.25) is 4.98 Å². The van der Waals surface area contributed by atoms with Crippen molar-refractivity contribution in [1.82, 2.24) is 29.5 Å². The molecule has 4 aromatic rings. The van der Waals surface area contributed by atoms with Crippen LogP contribution in [0.5, 0.6) is 5.75 Å². The molecule has 1 fully saturated rings. The van der Waals surface area contributed by atoms with Crippen LogP contribution in [0.4, 0.5) is 0 Å². The van der Waals surface area contributed by atoms with Crippen LogP contribution in [0.3, 0.4) is 0 Å². The lowest BCUT2D eigenvalue weighted by Gasteiger charge is -2.32. The minimum absolute atomic E-state index is 0.218. The monoisotopic (exact) mass is 510 g/mol. The minimum atomic E-state index is -2.94. The van der Waals surface area contributed by atoms with Crippen molar-refractivity contribution in [3.05, 3.63) is 41.6 Å². The van der Waals surface area contributed by atoms with Crippen molar-refractivity contribution in [2.24, 2.45) is 0 Å². The van der Waals surface area contributed by atoms with E-state index in [4.69, 9.17) is 9.72 Å². The third-order valence-electron chi connectivity index (χ3n) is 7.34. The highest BCUT2D eigenvalue weighted by molar-refractivity contribution is 7.90. The average molecular weight is 511 g/mol. The van der Waals surface area contributed by atoms with Gasteiger partial charge in [0.1, 0.15) is 16.2 Å². The van der Waals surface area contributed by atoms with Gasteiger partial charge in [-0.2, -0.15) is 5.10 Å². The SMILES string of the molecule is COc1cc(-c2[nH]c3cnc(C4CCN(CCS(C)(=O)=O)CC4)c(C)c3c2C(C)C)cn2ncnc12. The Morgan fingerprint density at radius 3 is 2.64 bits per heavy atom. The van der Waals surface area contributed by atoms with Crippen LogP contribution in [-0.4, -0.2) is 76.6 Å². The summed E-state index contributed by atoms with van der Waals surface area (Å²) < 4.78 is 30.5. The van der Waals surface area contributed by atoms with Crippen LogP contribution in [-0.2, 0) is 9.84 Å². The summed E-state index contributed by atoms with van der Waals surface area (Å²) in [5.41, 5.74) is 7.39. The van der Waals surface area contributed by atoms with Crippen molar-refractivity contribution < 1.29 is 13.2 Å². The molecule has 0 radical (unpaired) electrons. The highest BCUT2D eigenvalue weighted by atomic mass is 32.2. The number of sulfone groups is 1. The standard InChI is InChI=1S/C26H34N6O3S/c1-16(2)22-23-17(3)24(18-6-8-31(9-7-18)10-11-36(5,33)34)27-13-20(23)30-25(22)19-12-21(35-4)26-28-15-29-32(26)14-19/h12-16,18,30H,6-11H2,1-5H3. The van der Waals surface area contributed by atoms with Crippen molar-refractivity contribution in [1.29, 1.82) is 0 Å². The van der Waals surface area contributed by atoms with E-state index in [0.717, 1.165) is 48.4 Å². The van der Waals surface area contributed by atoms with Gasteiger partial charge in [-0.05, 0) is 56.0 Å². The van der Waals surface area contributed by atoms with Gasteiger partial charge in [0.15, 0.2) is 11.4 Å². The molecule has 0 amide bonds. The number of H-pyrrole nitrogens is 1. The van der Waals surface area contributed by atoms with Crippen molar-refractivity contribution in [2.45, 2.75) is 45.4 Å².